The first kappa shape index (κ1) is 12.5. The Morgan fingerprint density at radius 3 is 2.94 bits per heavy atom. The molecule has 2 amide bonds. The molecule has 0 bridgehead atoms. The van der Waals surface area contributed by atoms with Gasteiger partial charge in [-0.15, -0.1) is 0 Å². The number of amides is 2. The molecule has 5 nitrogen and oxygen atoms in total. The van der Waals surface area contributed by atoms with Crippen LogP contribution in [0.5, 0.6) is 0 Å². The van der Waals surface area contributed by atoms with E-state index in [9.17, 15) is 9.59 Å². The van der Waals surface area contributed by atoms with Crippen molar-refractivity contribution in [2.75, 3.05) is 6.54 Å². The molecule has 1 saturated heterocycles. The summed E-state index contributed by atoms with van der Waals surface area (Å²) < 4.78 is 0. The lowest BCUT2D eigenvalue weighted by Gasteiger charge is -2.24. The van der Waals surface area contributed by atoms with Gasteiger partial charge in [0.25, 0.3) is 5.91 Å². The SMILES string of the molecule is CCC(=O)N1CCCC1c1cccc(C(N)=O)n1. The van der Waals surface area contributed by atoms with E-state index < -0.39 is 5.91 Å². The Labute approximate surface area is 106 Å². The van der Waals surface area contributed by atoms with E-state index in [4.69, 9.17) is 5.73 Å². The van der Waals surface area contributed by atoms with Crippen LogP contribution < -0.4 is 5.73 Å². The predicted octanol–water partition coefficient (Wildman–Crippen LogP) is 1.25. The molecular formula is C13H17N3O2. The normalized spacial score (nSPS) is 18.9. The van der Waals surface area contributed by atoms with Crippen LogP contribution in [0.25, 0.3) is 0 Å². The highest BCUT2D eigenvalue weighted by Gasteiger charge is 2.30. The van der Waals surface area contributed by atoms with E-state index in [1.54, 1.807) is 12.1 Å². The molecular weight excluding hydrogens is 230 g/mol. The first-order chi connectivity index (χ1) is 8.63. The Hall–Kier alpha value is -1.91. The molecule has 1 fully saturated rings. The summed E-state index contributed by atoms with van der Waals surface area (Å²) in [5, 5.41) is 0. The summed E-state index contributed by atoms with van der Waals surface area (Å²) in [5.41, 5.74) is 6.23. The summed E-state index contributed by atoms with van der Waals surface area (Å²) in [4.78, 5) is 29.0. The maximum atomic E-state index is 11.8. The van der Waals surface area contributed by atoms with Gasteiger partial charge in [0, 0.05) is 13.0 Å². The first-order valence-electron chi connectivity index (χ1n) is 6.19. The molecule has 96 valence electrons. The lowest BCUT2D eigenvalue weighted by Crippen LogP contribution is -2.30. The topological polar surface area (TPSA) is 76.3 Å². The van der Waals surface area contributed by atoms with Crippen LogP contribution in [0.3, 0.4) is 0 Å². The third-order valence-corrected chi connectivity index (χ3v) is 3.24. The van der Waals surface area contributed by atoms with Crippen LogP contribution in [-0.2, 0) is 4.79 Å². The van der Waals surface area contributed by atoms with Gasteiger partial charge in [-0.2, -0.15) is 0 Å². The second-order valence-corrected chi connectivity index (χ2v) is 4.41. The van der Waals surface area contributed by atoms with Gasteiger partial charge in [-0.05, 0) is 25.0 Å². The molecule has 2 N–H and O–H groups in total. The quantitative estimate of drug-likeness (QED) is 0.873. The fourth-order valence-corrected chi connectivity index (χ4v) is 2.35. The third kappa shape index (κ3) is 2.34. The minimum atomic E-state index is -0.539. The smallest absolute Gasteiger partial charge is 0.267 e. The van der Waals surface area contributed by atoms with Crippen molar-refractivity contribution < 1.29 is 9.59 Å². The number of primary amides is 1. The van der Waals surface area contributed by atoms with Gasteiger partial charge in [0.1, 0.15) is 5.69 Å². The number of carbonyl (C=O) groups excluding carboxylic acids is 2. The number of rotatable bonds is 3. The molecule has 1 atom stereocenters. The number of nitrogens with two attached hydrogens (primary N) is 1. The van der Waals surface area contributed by atoms with Crippen LogP contribution >= 0.6 is 0 Å². The zero-order valence-corrected chi connectivity index (χ0v) is 10.4. The number of likely N-dealkylation sites (tertiary alicyclic amines) is 1. The summed E-state index contributed by atoms with van der Waals surface area (Å²) in [6, 6.07) is 5.18. The zero-order valence-electron chi connectivity index (χ0n) is 10.4. The molecule has 0 spiro atoms. The summed E-state index contributed by atoms with van der Waals surface area (Å²) >= 11 is 0. The van der Waals surface area contributed by atoms with E-state index in [2.05, 4.69) is 4.98 Å². The van der Waals surface area contributed by atoms with Crippen LogP contribution in [0, 0.1) is 0 Å². The average Bonchev–Trinajstić information content (AvgIpc) is 2.87. The molecule has 0 aromatic carbocycles. The highest BCUT2D eigenvalue weighted by Crippen LogP contribution is 2.31. The van der Waals surface area contributed by atoms with E-state index >= 15 is 0 Å². The maximum Gasteiger partial charge on any atom is 0.267 e. The van der Waals surface area contributed by atoms with Gasteiger partial charge in [0.05, 0.1) is 11.7 Å². The van der Waals surface area contributed by atoms with Crippen molar-refractivity contribution in [3.63, 3.8) is 0 Å². The maximum absolute atomic E-state index is 11.8. The van der Waals surface area contributed by atoms with Crippen LogP contribution in [0.1, 0.15) is 48.4 Å². The van der Waals surface area contributed by atoms with Gasteiger partial charge in [0.15, 0.2) is 0 Å². The highest BCUT2D eigenvalue weighted by molar-refractivity contribution is 5.90. The number of nitrogens with zero attached hydrogens (tertiary/aromatic N) is 2. The fraction of sp³-hybridized carbons (Fsp3) is 0.462. The van der Waals surface area contributed by atoms with Crippen molar-refractivity contribution in [3.05, 3.63) is 29.6 Å². The number of carbonyl (C=O) groups is 2. The van der Waals surface area contributed by atoms with Crippen molar-refractivity contribution in [1.82, 2.24) is 9.88 Å². The lowest BCUT2D eigenvalue weighted by atomic mass is 10.1. The van der Waals surface area contributed by atoms with Crippen LogP contribution in [-0.4, -0.2) is 28.2 Å². The summed E-state index contributed by atoms with van der Waals surface area (Å²) in [5.74, 6) is -0.410. The molecule has 1 aliphatic heterocycles. The van der Waals surface area contributed by atoms with E-state index in [1.807, 2.05) is 17.9 Å². The Morgan fingerprint density at radius 1 is 1.50 bits per heavy atom. The van der Waals surface area contributed by atoms with E-state index in [-0.39, 0.29) is 17.6 Å². The Kier molecular flexibility index (Phi) is 3.60. The van der Waals surface area contributed by atoms with Gasteiger partial charge < -0.3 is 10.6 Å². The number of hydrogen-bond acceptors (Lipinski definition) is 3. The van der Waals surface area contributed by atoms with Crippen molar-refractivity contribution in [3.8, 4) is 0 Å². The standard InChI is InChI=1S/C13H17N3O2/c1-2-12(17)16-8-4-7-11(16)9-5-3-6-10(15-9)13(14)18/h3,5-6,11H,2,4,7-8H2,1H3,(H2,14,18). The average molecular weight is 247 g/mol. The molecule has 1 aliphatic rings. The molecule has 1 unspecified atom stereocenters. The Morgan fingerprint density at radius 2 is 2.28 bits per heavy atom. The van der Waals surface area contributed by atoms with Crippen LogP contribution in [0.15, 0.2) is 18.2 Å². The minimum Gasteiger partial charge on any atom is -0.364 e. The van der Waals surface area contributed by atoms with Crippen LogP contribution in [0.4, 0.5) is 0 Å². The van der Waals surface area contributed by atoms with Gasteiger partial charge in [-0.3, -0.25) is 9.59 Å². The molecule has 18 heavy (non-hydrogen) atoms. The van der Waals surface area contributed by atoms with Gasteiger partial charge in [-0.25, -0.2) is 4.98 Å². The Balaban J connectivity index is 2.27. The second-order valence-electron chi connectivity index (χ2n) is 4.41. The fourth-order valence-electron chi connectivity index (χ4n) is 2.35. The van der Waals surface area contributed by atoms with Crippen molar-refractivity contribution in [2.24, 2.45) is 5.73 Å². The number of aromatic nitrogens is 1. The molecule has 0 aliphatic carbocycles. The monoisotopic (exact) mass is 247 g/mol. The molecule has 1 aromatic heterocycles. The largest absolute Gasteiger partial charge is 0.364 e. The summed E-state index contributed by atoms with van der Waals surface area (Å²) in [6.07, 6.45) is 2.35. The van der Waals surface area contributed by atoms with Crippen molar-refractivity contribution >= 4 is 11.8 Å². The number of hydrogen-bond donors (Lipinski definition) is 1. The van der Waals surface area contributed by atoms with Crippen molar-refractivity contribution in [1.29, 1.82) is 0 Å². The molecule has 2 rings (SSSR count). The van der Waals surface area contributed by atoms with E-state index in [1.165, 1.54) is 0 Å². The summed E-state index contributed by atoms with van der Waals surface area (Å²) in [6.45, 7) is 2.62. The first-order valence-corrected chi connectivity index (χ1v) is 6.19. The molecule has 5 heteroatoms. The van der Waals surface area contributed by atoms with E-state index in [0.717, 1.165) is 25.1 Å². The Bertz CT molecular complexity index is 473. The molecule has 0 saturated carbocycles. The number of pyridine rings is 1. The lowest BCUT2D eigenvalue weighted by molar-refractivity contribution is -0.131. The predicted molar refractivity (Wildman–Crippen MR) is 66.7 cm³/mol. The molecule has 1 aromatic rings. The van der Waals surface area contributed by atoms with Crippen LogP contribution in [0.2, 0.25) is 0 Å². The molecule has 2 heterocycles. The molecule has 0 radical (unpaired) electrons. The zero-order chi connectivity index (χ0) is 13.1. The van der Waals surface area contributed by atoms with E-state index in [0.29, 0.717) is 6.42 Å². The summed E-state index contributed by atoms with van der Waals surface area (Å²) in [7, 11) is 0. The third-order valence-electron chi connectivity index (χ3n) is 3.24. The van der Waals surface area contributed by atoms with Gasteiger partial charge in [0.2, 0.25) is 5.91 Å². The van der Waals surface area contributed by atoms with Gasteiger partial charge in [-0.1, -0.05) is 13.0 Å². The van der Waals surface area contributed by atoms with Crippen molar-refractivity contribution in [2.45, 2.75) is 32.2 Å². The highest BCUT2D eigenvalue weighted by atomic mass is 16.2. The minimum absolute atomic E-state index is 0.0169. The van der Waals surface area contributed by atoms with Gasteiger partial charge >= 0.3 is 0 Å². The second kappa shape index (κ2) is 5.16.